The van der Waals surface area contributed by atoms with Crippen LogP contribution in [0.3, 0.4) is 0 Å². The van der Waals surface area contributed by atoms with Gasteiger partial charge in [0.15, 0.2) is 0 Å². The van der Waals surface area contributed by atoms with Crippen molar-refractivity contribution in [3.8, 4) is 0 Å². The van der Waals surface area contributed by atoms with Gasteiger partial charge in [-0.05, 0) is 45.6 Å². The van der Waals surface area contributed by atoms with E-state index < -0.39 is 11.5 Å². The van der Waals surface area contributed by atoms with Crippen LogP contribution < -0.4 is 5.73 Å². The molecule has 5 heteroatoms. The quantitative estimate of drug-likeness (QED) is 0.807. The third-order valence-corrected chi connectivity index (χ3v) is 3.44. The topological polar surface area (TPSA) is 81.1 Å². The molecule has 0 amide bonds. The molecule has 1 aromatic rings. The highest BCUT2D eigenvalue weighted by Gasteiger charge is 2.27. The number of rotatable bonds is 6. The summed E-state index contributed by atoms with van der Waals surface area (Å²) >= 11 is 0. The molecule has 1 unspecified atom stereocenters. The van der Waals surface area contributed by atoms with Gasteiger partial charge in [-0.2, -0.15) is 5.10 Å². The predicted octanol–water partition coefficient (Wildman–Crippen LogP) is 1.64. The molecule has 0 aliphatic carbocycles. The second-order valence-corrected chi connectivity index (χ2v) is 5.05. The first kappa shape index (κ1) is 14.7. The monoisotopic (exact) mass is 253 g/mol. The zero-order chi connectivity index (χ0) is 13.9. The van der Waals surface area contributed by atoms with Gasteiger partial charge in [0, 0.05) is 12.2 Å². The third-order valence-electron chi connectivity index (χ3n) is 3.44. The van der Waals surface area contributed by atoms with Crippen LogP contribution in [0.5, 0.6) is 0 Å². The van der Waals surface area contributed by atoms with Gasteiger partial charge < -0.3 is 10.8 Å². The molecule has 3 N–H and O–H groups in total. The molecule has 5 nitrogen and oxygen atoms in total. The Kier molecular flexibility index (Phi) is 4.51. The predicted molar refractivity (Wildman–Crippen MR) is 70.5 cm³/mol. The second kappa shape index (κ2) is 5.52. The summed E-state index contributed by atoms with van der Waals surface area (Å²) in [6.45, 7) is 8.44. The summed E-state index contributed by atoms with van der Waals surface area (Å²) in [4.78, 5) is 10.9. The lowest BCUT2D eigenvalue weighted by atomic mass is 9.97. The average molecular weight is 253 g/mol. The van der Waals surface area contributed by atoms with Crippen molar-refractivity contribution in [2.45, 2.75) is 59.0 Å². The smallest absolute Gasteiger partial charge is 0.323 e. The Morgan fingerprint density at radius 2 is 2.11 bits per heavy atom. The fourth-order valence-corrected chi connectivity index (χ4v) is 2.17. The number of nitrogens with two attached hydrogens (primary N) is 1. The second-order valence-electron chi connectivity index (χ2n) is 5.05. The molecule has 0 bridgehead atoms. The molecule has 102 valence electrons. The largest absolute Gasteiger partial charge is 0.480 e. The molecule has 0 fully saturated rings. The first-order valence-electron chi connectivity index (χ1n) is 6.34. The molecule has 0 aliphatic heterocycles. The maximum atomic E-state index is 10.9. The highest BCUT2D eigenvalue weighted by atomic mass is 16.4. The van der Waals surface area contributed by atoms with Crippen molar-refractivity contribution in [3.05, 3.63) is 17.0 Å². The Labute approximate surface area is 108 Å². The SMILES string of the molecule is CCc1c(C)nn(CCCC(C)(N)C(=O)O)c1C. The van der Waals surface area contributed by atoms with Crippen molar-refractivity contribution < 1.29 is 9.90 Å². The summed E-state index contributed by atoms with van der Waals surface area (Å²) in [6.07, 6.45) is 2.13. The van der Waals surface area contributed by atoms with Crippen molar-refractivity contribution in [2.75, 3.05) is 0 Å². The number of carboxylic acid groups (broad SMARTS) is 1. The number of hydrogen-bond acceptors (Lipinski definition) is 3. The van der Waals surface area contributed by atoms with Crippen LogP contribution in [0.15, 0.2) is 0 Å². The molecule has 0 spiro atoms. The first-order chi connectivity index (χ1) is 8.29. The Morgan fingerprint density at radius 3 is 2.56 bits per heavy atom. The zero-order valence-corrected chi connectivity index (χ0v) is 11.7. The summed E-state index contributed by atoms with van der Waals surface area (Å²) in [5.41, 5.74) is 8.06. The number of aromatic nitrogens is 2. The van der Waals surface area contributed by atoms with Gasteiger partial charge in [0.25, 0.3) is 0 Å². The summed E-state index contributed by atoms with van der Waals surface area (Å²) in [6, 6.07) is 0. The minimum Gasteiger partial charge on any atom is -0.480 e. The van der Waals surface area contributed by atoms with Gasteiger partial charge >= 0.3 is 5.97 Å². The number of nitrogens with zero attached hydrogens (tertiary/aromatic N) is 2. The van der Waals surface area contributed by atoms with E-state index in [0.717, 1.165) is 12.1 Å². The van der Waals surface area contributed by atoms with Gasteiger partial charge in [-0.15, -0.1) is 0 Å². The standard InChI is InChI=1S/C13H23N3O2/c1-5-11-9(2)15-16(10(11)3)8-6-7-13(4,14)12(17)18/h5-8,14H2,1-4H3,(H,17,18). The summed E-state index contributed by atoms with van der Waals surface area (Å²) in [5, 5.41) is 13.4. The van der Waals surface area contributed by atoms with E-state index in [2.05, 4.69) is 18.9 Å². The molecular formula is C13H23N3O2. The molecule has 0 saturated carbocycles. The molecule has 1 atom stereocenters. The van der Waals surface area contributed by atoms with Gasteiger partial charge in [-0.3, -0.25) is 9.48 Å². The van der Waals surface area contributed by atoms with Gasteiger partial charge in [-0.1, -0.05) is 6.92 Å². The highest BCUT2D eigenvalue weighted by Crippen LogP contribution is 2.16. The summed E-state index contributed by atoms with van der Waals surface area (Å²) in [7, 11) is 0. The fraction of sp³-hybridized carbons (Fsp3) is 0.692. The van der Waals surface area contributed by atoms with Crippen molar-refractivity contribution in [2.24, 2.45) is 5.73 Å². The van der Waals surface area contributed by atoms with E-state index in [4.69, 9.17) is 10.8 Å². The van der Waals surface area contributed by atoms with Crippen LogP contribution in [-0.2, 0) is 17.8 Å². The van der Waals surface area contributed by atoms with E-state index in [1.165, 1.54) is 11.3 Å². The molecule has 0 aliphatic rings. The Bertz CT molecular complexity index is 436. The van der Waals surface area contributed by atoms with E-state index >= 15 is 0 Å². The minimum absolute atomic E-state index is 0.447. The van der Waals surface area contributed by atoms with E-state index in [-0.39, 0.29) is 0 Å². The zero-order valence-electron chi connectivity index (χ0n) is 11.7. The van der Waals surface area contributed by atoms with Gasteiger partial charge in [0.2, 0.25) is 0 Å². The molecule has 0 radical (unpaired) electrons. The van der Waals surface area contributed by atoms with Crippen LogP contribution in [0.2, 0.25) is 0 Å². The van der Waals surface area contributed by atoms with Crippen molar-refractivity contribution in [1.29, 1.82) is 0 Å². The van der Waals surface area contributed by atoms with Crippen LogP contribution in [0.1, 0.15) is 43.6 Å². The molecule has 0 aromatic carbocycles. The van der Waals surface area contributed by atoms with E-state index in [9.17, 15) is 4.79 Å². The third kappa shape index (κ3) is 3.10. The molecule has 18 heavy (non-hydrogen) atoms. The highest BCUT2D eigenvalue weighted by molar-refractivity contribution is 5.77. The molecule has 0 saturated heterocycles. The van der Waals surface area contributed by atoms with E-state index in [1.807, 2.05) is 11.6 Å². The van der Waals surface area contributed by atoms with Crippen LogP contribution >= 0.6 is 0 Å². The summed E-state index contributed by atoms with van der Waals surface area (Å²) < 4.78 is 1.95. The van der Waals surface area contributed by atoms with Gasteiger partial charge in [0.05, 0.1) is 5.69 Å². The molecule has 1 heterocycles. The number of aliphatic carboxylic acids is 1. The average Bonchev–Trinajstić information content (AvgIpc) is 2.53. The fourth-order valence-electron chi connectivity index (χ4n) is 2.17. The van der Waals surface area contributed by atoms with Crippen LogP contribution in [0.25, 0.3) is 0 Å². The van der Waals surface area contributed by atoms with Crippen molar-refractivity contribution in [1.82, 2.24) is 9.78 Å². The van der Waals surface area contributed by atoms with Crippen LogP contribution in [0, 0.1) is 13.8 Å². The Balaban J connectivity index is 2.63. The van der Waals surface area contributed by atoms with Crippen molar-refractivity contribution in [3.63, 3.8) is 0 Å². The normalized spacial score (nSPS) is 14.5. The lowest BCUT2D eigenvalue weighted by Crippen LogP contribution is -2.44. The lowest BCUT2D eigenvalue weighted by molar-refractivity contribution is -0.142. The van der Waals surface area contributed by atoms with E-state index in [1.54, 1.807) is 6.92 Å². The number of hydrogen-bond donors (Lipinski definition) is 2. The first-order valence-corrected chi connectivity index (χ1v) is 6.34. The summed E-state index contributed by atoms with van der Waals surface area (Å²) in [5.74, 6) is -0.954. The number of carbonyl (C=O) groups is 1. The van der Waals surface area contributed by atoms with E-state index in [0.29, 0.717) is 19.4 Å². The van der Waals surface area contributed by atoms with Crippen molar-refractivity contribution >= 4 is 5.97 Å². The Morgan fingerprint density at radius 1 is 1.50 bits per heavy atom. The maximum absolute atomic E-state index is 10.9. The molecular weight excluding hydrogens is 230 g/mol. The molecule has 1 rings (SSSR count). The van der Waals surface area contributed by atoms with Gasteiger partial charge in [-0.25, -0.2) is 0 Å². The molecule has 1 aromatic heterocycles. The lowest BCUT2D eigenvalue weighted by Gasteiger charge is -2.18. The Hall–Kier alpha value is -1.36. The number of aryl methyl sites for hydroxylation is 2. The van der Waals surface area contributed by atoms with Crippen LogP contribution in [-0.4, -0.2) is 26.4 Å². The maximum Gasteiger partial charge on any atom is 0.323 e. The minimum atomic E-state index is -1.15. The van der Waals surface area contributed by atoms with Gasteiger partial charge in [0.1, 0.15) is 5.54 Å². The van der Waals surface area contributed by atoms with Crippen LogP contribution in [0.4, 0.5) is 0 Å². The number of carboxylic acids is 1.